The van der Waals surface area contributed by atoms with E-state index in [1.54, 1.807) is 0 Å². The molecule has 0 bridgehead atoms. The number of nitrogens with one attached hydrogen (secondary N) is 1. The summed E-state index contributed by atoms with van der Waals surface area (Å²) in [7, 11) is 0. The van der Waals surface area contributed by atoms with Gasteiger partial charge in [-0.05, 0) is 43.1 Å². The van der Waals surface area contributed by atoms with E-state index in [2.05, 4.69) is 24.1 Å². The van der Waals surface area contributed by atoms with Crippen LogP contribution in [0.5, 0.6) is 0 Å². The molecule has 0 radical (unpaired) electrons. The molecule has 2 N–H and O–H groups in total. The van der Waals surface area contributed by atoms with Gasteiger partial charge in [-0.15, -0.1) is 11.3 Å². The molecule has 28 heavy (non-hydrogen) atoms. The second-order valence-corrected chi connectivity index (χ2v) is 9.84. The molecule has 0 unspecified atom stereocenters. The Morgan fingerprint density at radius 2 is 1.96 bits per heavy atom. The molecule has 0 spiro atoms. The van der Waals surface area contributed by atoms with Crippen molar-refractivity contribution >= 4 is 27.4 Å². The molecule has 0 aromatic carbocycles. The number of anilines is 1. The van der Waals surface area contributed by atoms with Gasteiger partial charge in [0.25, 0.3) is 0 Å². The predicted octanol–water partition coefficient (Wildman–Crippen LogP) is 3.22. The summed E-state index contributed by atoms with van der Waals surface area (Å²) in [6, 6.07) is 0. The van der Waals surface area contributed by atoms with Crippen LogP contribution in [0.4, 0.5) is 5.82 Å². The summed E-state index contributed by atoms with van der Waals surface area (Å²) in [5.74, 6) is 1.88. The Morgan fingerprint density at radius 3 is 2.75 bits per heavy atom. The molecule has 1 saturated heterocycles. The van der Waals surface area contributed by atoms with Gasteiger partial charge in [-0.3, -0.25) is 4.90 Å². The van der Waals surface area contributed by atoms with Crippen LogP contribution in [0.2, 0.25) is 0 Å². The summed E-state index contributed by atoms with van der Waals surface area (Å²) >= 11 is 1.86. The number of morpholine rings is 1. The Kier molecular flexibility index (Phi) is 6.16. The van der Waals surface area contributed by atoms with Gasteiger partial charge in [-0.1, -0.05) is 13.8 Å². The van der Waals surface area contributed by atoms with Crippen molar-refractivity contribution in [2.75, 3.05) is 44.8 Å². The number of hydrogen-bond acceptors (Lipinski definition) is 7. The topological polar surface area (TPSA) is 70.5 Å². The fourth-order valence-corrected chi connectivity index (χ4v) is 5.35. The molecule has 0 amide bonds. The zero-order chi connectivity index (χ0) is 19.6. The third-order valence-corrected chi connectivity index (χ3v) is 7.04. The molecule has 0 atom stereocenters. The number of aliphatic hydroxyl groups excluding tert-OH is 1. The van der Waals surface area contributed by atoms with E-state index in [1.807, 2.05) is 11.3 Å². The molecule has 2 aromatic rings. The first-order valence-electron chi connectivity index (χ1n) is 10.5. The molecule has 1 aliphatic carbocycles. The normalized spacial score (nSPS) is 18.4. The van der Waals surface area contributed by atoms with Gasteiger partial charge in [-0.2, -0.15) is 0 Å². The van der Waals surface area contributed by atoms with Gasteiger partial charge in [0, 0.05) is 31.1 Å². The van der Waals surface area contributed by atoms with Crippen molar-refractivity contribution in [2.45, 2.75) is 52.5 Å². The van der Waals surface area contributed by atoms with E-state index < -0.39 is 0 Å². The van der Waals surface area contributed by atoms with Crippen molar-refractivity contribution < 1.29 is 9.84 Å². The van der Waals surface area contributed by atoms with Gasteiger partial charge in [-0.25, -0.2) is 9.97 Å². The summed E-state index contributed by atoms with van der Waals surface area (Å²) in [5.41, 5.74) is 1.48. The van der Waals surface area contributed by atoms with E-state index in [9.17, 15) is 5.11 Å². The zero-order valence-electron chi connectivity index (χ0n) is 17.1. The standard InChI is InChI=1S/C21H32N4O2S/c1-21(2,7-10-26)14-22-19-18-15-5-3-4-6-16(15)28-20(18)24-17(23-19)13-25-8-11-27-12-9-25/h26H,3-14H2,1-2H3,(H,22,23,24). The Balaban J connectivity index is 1.65. The van der Waals surface area contributed by atoms with E-state index in [4.69, 9.17) is 14.7 Å². The summed E-state index contributed by atoms with van der Waals surface area (Å²) in [5, 5.41) is 14.2. The molecule has 1 aliphatic heterocycles. The lowest BCUT2D eigenvalue weighted by atomic mass is 9.89. The first-order valence-corrected chi connectivity index (χ1v) is 11.3. The highest BCUT2D eigenvalue weighted by Crippen LogP contribution is 2.39. The molecule has 2 aromatic heterocycles. The van der Waals surface area contributed by atoms with Crippen molar-refractivity contribution in [3.05, 3.63) is 16.3 Å². The van der Waals surface area contributed by atoms with Gasteiger partial charge < -0.3 is 15.2 Å². The van der Waals surface area contributed by atoms with Gasteiger partial charge >= 0.3 is 0 Å². The molecule has 7 heteroatoms. The number of aryl methyl sites for hydroxylation is 2. The Morgan fingerprint density at radius 1 is 1.18 bits per heavy atom. The fraction of sp³-hybridized carbons (Fsp3) is 0.714. The van der Waals surface area contributed by atoms with Gasteiger partial charge in [0.1, 0.15) is 16.5 Å². The lowest BCUT2D eigenvalue weighted by Gasteiger charge is -2.26. The van der Waals surface area contributed by atoms with Crippen molar-refractivity contribution in [1.82, 2.24) is 14.9 Å². The number of ether oxygens (including phenoxy) is 1. The van der Waals surface area contributed by atoms with Crippen LogP contribution in [0.15, 0.2) is 0 Å². The number of thiophene rings is 1. The minimum absolute atomic E-state index is 0.0203. The summed E-state index contributed by atoms with van der Waals surface area (Å²) in [6.07, 6.45) is 5.61. The van der Waals surface area contributed by atoms with Crippen LogP contribution in [-0.4, -0.2) is 59.4 Å². The summed E-state index contributed by atoms with van der Waals surface area (Å²) < 4.78 is 5.47. The second-order valence-electron chi connectivity index (χ2n) is 8.76. The van der Waals surface area contributed by atoms with E-state index in [0.29, 0.717) is 0 Å². The maximum absolute atomic E-state index is 9.35. The molecule has 4 rings (SSSR count). The van der Waals surface area contributed by atoms with Crippen molar-refractivity contribution in [3.63, 3.8) is 0 Å². The lowest BCUT2D eigenvalue weighted by molar-refractivity contribution is 0.0331. The highest BCUT2D eigenvalue weighted by atomic mass is 32.1. The Labute approximate surface area is 171 Å². The lowest BCUT2D eigenvalue weighted by Crippen LogP contribution is -2.36. The molecular weight excluding hydrogens is 372 g/mol. The Hall–Kier alpha value is -1.28. The number of aliphatic hydroxyl groups is 1. The van der Waals surface area contributed by atoms with Crippen LogP contribution >= 0.6 is 11.3 Å². The SMILES string of the molecule is CC(C)(CCO)CNc1nc(CN2CCOCC2)nc2sc3c(c12)CCCC3. The molecule has 6 nitrogen and oxygen atoms in total. The molecular formula is C21H32N4O2S. The first-order chi connectivity index (χ1) is 13.6. The Bertz CT molecular complexity index is 814. The van der Waals surface area contributed by atoms with Crippen LogP contribution in [-0.2, 0) is 24.1 Å². The minimum atomic E-state index is 0.0203. The molecule has 3 heterocycles. The van der Waals surface area contributed by atoms with Crippen LogP contribution in [0.1, 0.15) is 49.4 Å². The van der Waals surface area contributed by atoms with Crippen LogP contribution < -0.4 is 5.32 Å². The average Bonchev–Trinajstić information content (AvgIpc) is 3.05. The molecule has 2 aliphatic rings. The molecule has 1 fully saturated rings. The van der Waals surface area contributed by atoms with Crippen LogP contribution in [0.25, 0.3) is 10.2 Å². The highest BCUT2D eigenvalue weighted by Gasteiger charge is 2.24. The smallest absolute Gasteiger partial charge is 0.146 e. The largest absolute Gasteiger partial charge is 0.396 e. The van der Waals surface area contributed by atoms with Crippen LogP contribution in [0, 0.1) is 5.41 Å². The fourth-order valence-electron chi connectivity index (χ4n) is 4.07. The van der Waals surface area contributed by atoms with E-state index in [1.165, 1.54) is 35.1 Å². The highest BCUT2D eigenvalue weighted by molar-refractivity contribution is 7.19. The summed E-state index contributed by atoms with van der Waals surface area (Å²) in [4.78, 5) is 14.9. The zero-order valence-corrected chi connectivity index (χ0v) is 17.9. The quantitative estimate of drug-likeness (QED) is 0.738. The van der Waals surface area contributed by atoms with E-state index in [0.717, 1.165) is 68.7 Å². The average molecular weight is 405 g/mol. The van der Waals surface area contributed by atoms with Gasteiger partial charge in [0.05, 0.1) is 25.1 Å². The number of fused-ring (bicyclic) bond motifs is 3. The second kappa shape index (κ2) is 8.61. The van der Waals surface area contributed by atoms with Crippen molar-refractivity contribution in [2.24, 2.45) is 5.41 Å². The minimum Gasteiger partial charge on any atom is -0.396 e. The van der Waals surface area contributed by atoms with Gasteiger partial charge in [0.15, 0.2) is 0 Å². The third kappa shape index (κ3) is 4.48. The van der Waals surface area contributed by atoms with Crippen LogP contribution in [0.3, 0.4) is 0 Å². The van der Waals surface area contributed by atoms with Crippen molar-refractivity contribution in [3.8, 4) is 0 Å². The number of hydrogen-bond donors (Lipinski definition) is 2. The first kappa shape index (κ1) is 20.0. The summed E-state index contributed by atoms with van der Waals surface area (Å²) in [6.45, 7) is 9.61. The third-order valence-electron chi connectivity index (χ3n) is 5.85. The van der Waals surface area contributed by atoms with E-state index >= 15 is 0 Å². The maximum Gasteiger partial charge on any atom is 0.146 e. The predicted molar refractivity (Wildman–Crippen MR) is 114 cm³/mol. The molecule has 154 valence electrons. The van der Waals surface area contributed by atoms with Gasteiger partial charge in [0.2, 0.25) is 0 Å². The molecule has 0 saturated carbocycles. The monoisotopic (exact) mass is 404 g/mol. The maximum atomic E-state index is 9.35. The van der Waals surface area contributed by atoms with E-state index in [-0.39, 0.29) is 12.0 Å². The number of rotatable bonds is 7. The van der Waals surface area contributed by atoms with Crippen molar-refractivity contribution in [1.29, 1.82) is 0 Å². The number of nitrogens with zero attached hydrogens (tertiary/aromatic N) is 3. The number of aromatic nitrogens is 2.